The molecule has 86 valence electrons. The fourth-order valence-electron chi connectivity index (χ4n) is 1.53. The molecule has 0 radical (unpaired) electrons. The van der Waals surface area contributed by atoms with E-state index in [2.05, 4.69) is 51.0 Å². The maximum atomic E-state index is 4.39. The van der Waals surface area contributed by atoms with Crippen LogP contribution in [-0.2, 0) is 0 Å². The highest BCUT2D eigenvalue weighted by Gasteiger charge is 2.03. The summed E-state index contributed by atoms with van der Waals surface area (Å²) in [5.74, 6) is 0.838. The lowest BCUT2D eigenvalue weighted by atomic mass is 10.1. The van der Waals surface area contributed by atoms with Crippen LogP contribution in [0.1, 0.15) is 0 Å². The second-order valence-corrected chi connectivity index (χ2v) is 4.44. The van der Waals surface area contributed by atoms with Gasteiger partial charge >= 0.3 is 0 Å². The lowest BCUT2D eigenvalue weighted by molar-refractivity contribution is 1.22. The third-order valence-electron chi connectivity index (χ3n) is 2.36. The molecule has 0 aliphatic heterocycles. The Morgan fingerprint density at radius 3 is 2.65 bits per heavy atom. The summed E-state index contributed by atoms with van der Waals surface area (Å²) >= 11 is 3.52. The molecule has 2 nitrogen and oxygen atoms in total. The smallest absolute Gasteiger partial charge is 0.140 e. The minimum atomic E-state index is 0.705. The van der Waals surface area contributed by atoms with Crippen LogP contribution in [0.5, 0.6) is 0 Å². The normalized spacial score (nSPS) is 9.94. The molecule has 1 N–H and O–H groups in total. The van der Waals surface area contributed by atoms with Crippen LogP contribution in [0.15, 0.2) is 59.7 Å². The minimum absolute atomic E-state index is 0.705. The average Bonchev–Trinajstić information content (AvgIpc) is 2.38. The van der Waals surface area contributed by atoms with E-state index in [0.29, 0.717) is 6.54 Å². The van der Waals surface area contributed by atoms with Crippen LogP contribution in [0.4, 0.5) is 5.82 Å². The monoisotopic (exact) mass is 288 g/mol. The summed E-state index contributed by atoms with van der Waals surface area (Å²) in [5, 5.41) is 3.17. The molecule has 1 heterocycles. The van der Waals surface area contributed by atoms with Gasteiger partial charge in [-0.05, 0) is 27.6 Å². The van der Waals surface area contributed by atoms with Crippen LogP contribution in [-0.4, -0.2) is 11.5 Å². The predicted octanol–water partition coefficient (Wildman–Crippen LogP) is 4.11. The molecule has 17 heavy (non-hydrogen) atoms. The Hall–Kier alpha value is -1.61. The minimum Gasteiger partial charge on any atom is -0.366 e. The van der Waals surface area contributed by atoms with Gasteiger partial charge in [0.15, 0.2) is 0 Å². The van der Waals surface area contributed by atoms with Crippen LogP contribution in [0.3, 0.4) is 0 Å². The van der Waals surface area contributed by atoms with Gasteiger partial charge in [-0.25, -0.2) is 4.98 Å². The van der Waals surface area contributed by atoms with Crippen molar-refractivity contribution in [2.45, 2.75) is 0 Å². The van der Waals surface area contributed by atoms with Crippen molar-refractivity contribution in [2.75, 3.05) is 11.9 Å². The first-order valence-electron chi connectivity index (χ1n) is 5.37. The Kier molecular flexibility index (Phi) is 3.94. The van der Waals surface area contributed by atoms with Crippen LogP contribution in [0.25, 0.3) is 11.1 Å². The summed E-state index contributed by atoms with van der Waals surface area (Å²) in [5.41, 5.74) is 2.26. The van der Waals surface area contributed by atoms with E-state index in [1.165, 1.54) is 0 Å². The summed E-state index contributed by atoms with van der Waals surface area (Å²) in [6.45, 7) is 4.37. The lowest BCUT2D eigenvalue weighted by Gasteiger charge is -2.07. The van der Waals surface area contributed by atoms with Crippen molar-refractivity contribution in [3.63, 3.8) is 0 Å². The van der Waals surface area contributed by atoms with Crippen LogP contribution in [0, 0.1) is 0 Å². The van der Waals surface area contributed by atoms with Crippen molar-refractivity contribution in [3.05, 3.63) is 59.7 Å². The fraction of sp³-hybridized carbons (Fsp3) is 0.0714. The standard InChI is InChI=1S/C14H13BrN2/c1-2-8-16-14-13(15)9-12(10-17-14)11-6-4-3-5-7-11/h2-7,9-10H,1,8H2,(H,16,17). The van der Waals surface area contributed by atoms with Crippen molar-refractivity contribution in [1.29, 1.82) is 0 Å². The van der Waals surface area contributed by atoms with Gasteiger partial charge in [0.2, 0.25) is 0 Å². The number of hydrogen-bond donors (Lipinski definition) is 1. The zero-order chi connectivity index (χ0) is 12.1. The Balaban J connectivity index is 2.28. The van der Waals surface area contributed by atoms with Crippen LogP contribution < -0.4 is 5.32 Å². The SMILES string of the molecule is C=CCNc1ncc(-c2ccccc2)cc1Br. The van der Waals surface area contributed by atoms with Gasteiger partial charge in [-0.1, -0.05) is 36.4 Å². The van der Waals surface area contributed by atoms with Gasteiger partial charge < -0.3 is 5.32 Å². The predicted molar refractivity (Wildman–Crippen MR) is 76.1 cm³/mol. The van der Waals surface area contributed by atoms with Gasteiger partial charge in [0.25, 0.3) is 0 Å². The van der Waals surface area contributed by atoms with E-state index in [0.717, 1.165) is 21.4 Å². The number of pyridine rings is 1. The molecule has 0 unspecified atom stereocenters. The Bertz CT molecular complexity index is 509. The molecule has 3 heteroatoms. The molecule has 1 aromatic heterocycles. The van der Waals surface area contributed by atoms with E-state index in [1.54, 1.807) is 6.08 Å². The number of nitrogens with one attached hydrogen (secondary N) is 1. The van der Waals surface area contributed by atoms with E-state index in [-0.39, 0.29) is 0 Å². The van der Waals surface area contributed by atoms with E-state index >= 15 is 0 Å². The number of aromatic nitrogens is 1. The summed E-state index contributed by atoms with van der Waals surface area (Å²) in [6.07, 6.45) is 3.67. The van der Waals surface area contributed by atoms with Crippen molar-refractivity contribution in [3.8, 4) is 11.1 Å². The van der Waals surface area contributed by atoms with Gasteiger partial charge in [-0.15, -0.1) is 6.58 Å². The second kappa shape index (κ2) is 5.64. The third kappa shape index (κ3) is 2.94. The average molecular weight is 289 g/mol. The first-order valence-corrected chi connectivity index (χ1v) is 6.16. The zero-order valence-electron chi connectivity index (χ0n) is 9.36. The van der Waals surface area contributed by atoms with E-state index < -0.39 is 0 Å². The van der Waals surface area contributed by atoms with E-state index in [9.17, 15) is 0 Å². The van der Waals surface area contributed by atoms with E-state index in [1.807, 2.05) is 24.4 Å². The molecular weight excluding hydrogens is 276 g/mol. The molecule has 0 aliphatic rings. The first kappa shape index (κ1) is 11.9. The molecule has 0 saturated carbocycles. The molecule has 1 aromatic carbocycles. The fourth-order valence-corrected chi connectivity index (χ4v) is 2.01. The molecule has 2 rings (SSSR count). The van der Waals surface area contributed by atoms with E-state index in [4.69, 9.17) is 0 Å². The molecule has 0 fully saturated rings. The Morgan fingerprint density at radius 1 is 1.24 bits per heavy atom. The van der Waals surface area contributed by atoms with Gasteiger partial charge in [-0.3, -0.25) is 0 Å². The van der Waals surface area contributed by atoms with Crippen molar-refractivity contribution < 1.29 is 0 Å². The maximum absolute atomic E-state index is 4.39. The number of rotatable bonds is 4. The summed E-state index contributed by atoms with van der Waals surface area (Å²) in [4.78, 5) is 4.39. The Labute approximate surface area is 110 Å². The molecule has 0 spiro atoms. The van der Waals surface area contributed by atoms with Crippen molar-refractivity contribution in [2.24, 2.45) is 0 Å². The van der Waals surface area contributed by atoms with Crippen LogP contribution in [0.2, 0.25) is 0 Å². The van der Waals surface area contributed by atoms with Gasteiger partial charge in [0.1, 0.15) is 5.82 Å². The Morgan fingerprint density at radius 2 is 2.00 bits per heavy atom. The molecule has 0 atom stereocenters. The summed E-state index contributed by atoms with van der Waals surface area (Å²) < 4.78 is 0.959. The second-order valence-electron chi connectivity index (χ2n) is 3.59. The molecule has 0 aliphatic carbocycles. The largest absolute Gasteiger partial charge is 0.366 e. The number of benzene rings is 1. The highest BCUT2D eigenvalue weighted by molar-refractivity contribution is 9.10. The highest BCUT2D eigenvalue weighted by atomic mass is 79.9. The van der Waals surface area contributed by atoms with Gasteiger partial charge in [-0.2, -0.15) is 0 Å². The maximum Gasteiger partial charge on any atom is 0.140 e. The highest BCUT2D eigenvalue weighted by Crippen LogP contribution is 2.26. The number of hydrogen-bond acceptors (Lipinski definition) is 2. The van der Waals surface area contributed by atoms with Gasteiger partial charge in [0, 0.05) is 18.3 Å². The first-order chi connectivity index (χ1) is 8.31. The summed E-state index contributed by atoms with van der Waals surface area (Å²) in [7, 11) is 0. The quantitative estimate of drug-likeness (QED) is 0.857. The van der Waals surface area contributed by atoms with Crippen LogP contribution >= 0.6 is 15.9 Å². The third-order valence-corrected chi connectivity index (χ3v) is 2.97. The molecule has 2 aromatic rings. The molecular formula is C14H13BrN2. The van der Waals surface area contributed by atoms with Crippen molar-refractivity contribution >= 4 is 21.7 Å². The summed E-state index contributed by atoms with van der Waals surface area (Å²) in [6, 6.07) is 12.3. The number of anilines is 1. The number of halogens is 1. The topological polar surface area (TPSA) is 24.9 Å². The lowest BCUT2D eigenvalue weighted by Crippen LogP contribution is -2.00. The number of nitrogens with zero attached hydrogens (tertiary/aromatic N) is 1. The molecule has 0 bridgehead atoms. The molecule has 0 saturated heterocycles. The van der Waals surface area contributed by atoms with Crippen molar-refractivity contribution in [1.82, 2.24) is 4.98 Å². The zero-order valence-corrected chi connectivity index (χ0v) is 10.9. The van der Waals surface area contributed by atoms with Gasteiger partial charge in [0.05, 0.1) is 4.47 Å². The molecule has 0 amide bonds.